The lowest BCUT2D eigenvalue weighted by Crippen LogP contribution is -1.94. The van der Waals surface area contributed by atoms with Crippen LogP contribution in [0.2, 0.25) is 0 Å². The van der Waals surface area contributed by atoms with E-state index in [1.165, 1.54) is 5.39 Å². The van der Waals surface area contributed by atoms with E-state index < -0.39 is 0 Å². The summed E-state index contributed by atoms with van der Waals surface area (Å²) >= 11 is 0. The molecule has 1 nitrogen and oxygen atoms in total. The molecule has 1 heterocycles. The summed E-state index contributed by atoms with van der Waals surface area (Å²) in [7, 11) is 0. The van der Waals surface area contributed by atoms with Crippen LogP contribution in [0, 0.1) is 12.7 Å². The lowest BCUT2D eigenvalue weighted by atomic mass is 9.96. The molecule has 0 radical (unpaired) electrons. The van der Waals surface area contributed by atoms with Crippen molar-refractivity contribution >= 4 is 32.4 Å². The van der Waals surface area contributed by atoms with E-state index in [-0.39, 0.29) is 5.82 Å². The van der Waals surface area contributed by atoms with Gasteiger partial charge in [-0.3, -0.25) is 0 Å². The first-order valence-electron chi connectivity index (χ1n) is 8.41. The van der Waals surface area contributed by atoms with Gasteiger partial charge in [0.1, 0.15) is 5.82 Å². The van der Waals surface area contributed by atoms with Gasteiger partial charge in [0.15, 0.2) is 0 Å². The van der Waals surface area contributed by atoms with Gasteiger partial charge in [0.25, 0.3) is 0 Å². The first kappa shape index (κ1) is 14.2. The zero-order valence-electron chi connectivity index (χ0n) is 13.8. The Morgan fingerprint density at radius 3 is 2.44 bits per heavy atom. The predicted octanol–water partition coefficient (Wildman–Crippen LogP) is 6.38. The van der Waals surface area contributed by atoms with E-state index >= 15 is 0 Å². The van der Waals surface area contributed by atoms with Crippen LogP contribution in [0.1, 0.15) is 5.56 Å². The van der Waals surface area contributed by atoms with Gasteiger partial charge in [-0.1, -0.05) is 42.5 Å². The topological polar surface area (TPSA) is 4.93 Å². The number of halogens is 1. The molecule has 0 saturated carbocycles. The van der Waals surface area contributed by atoms with Crippen LogP contribution in [-0.2, 0) is 0 Å². The van der Waals surface area contributed by atoms with Gasteiger partial charge in [-0.2, -0.15) is 0 Å². The number of para-hydroxylation sites is 1. The Balaban J connectivity index is 2.01. The van der Waals surface area contributed by atoms with Crippen LogP contribution in [0.3, 0.4) is 0 Å². The lowest BCUT2D eigenvalue weighted by molar-refractivity contribution is 0.640. The number of hydrogen-bond donors (Lipinski definition) is 0. The normalized spacial score (nSPS) is 11.6. The highest BCUT2D eigenvalue weighted by atomic mass is 19.1. The monoisotopic (exact) mass is 325 g/mol. The summed E-state index contributed by atoms with van der Waals surface area (Å²) in [6, 6.07) is 24.0. The number of fused-ring (bicyclic) bond motifs is 5. The van der Waals surface area contributed by atoms with Crippen LogP contribution in [0.5, 0.6) is 0 Å². The number of hydrogen-bond acceptors (Lipinski definition) is 0. The molecule has 120 valence electrons. The van der Waals surface area contributed by atoms with Crippen molar-refractivity contribution in [1.82, 2.24) is 4.57 Å². The maximum Gasteiger partial charge on any atom is 0.131 e. The average Bonchev–Trinajstić information content (AvgIpc) is 3.06. The Labute approximate surface area is 144 Å². The molecule has 0 aliphatic heterocycles. The van der Waals surface area contributed by atoms with Gasteiger partial charge >= 0.3 is 0 Å². The fourth-order valence-electron chi connectivity index (χ4n) is 3.90. The van der Waals surface area contributed by atoms with Gasteiger partial charge in [0.05, 0.1) is 5.52 Å². The van der Waals surface area contributed by atoms with Gasteiger partial charge in [0, 0.05) is 28.0 Å². The number of benzene rings is 4. The van der Waals surface area contributed by atoms with Gasteiger partial charge in [-0.15, -0.1) is 0 Å². The van der Waals surface area contributed by atoms with Gasteiger partial charge in [-0.25, -0.2) is 4.39 Å². The molecule has 5 rings (SSSR count). The van der Waals surface area contributed by atoms with Crippen molar-refractivity contribution < 1.29 is 4.39 Å². The molecule has 4 aromatic carbocycles. The molecule has 0 N–H and O–H groups in total. The highest BCUT2D eigenvalue weighted by molar-refractivity contribution is 6.18. The molecule has 2 heteroatoms. The number of aryl methyl sites for hydroxylation is 1. The van der Waals surface area contributed by atoms with Crippen LogP contribution in [-0.4, -0.2) is 4.57 Å². The molecule has 0 fully saturated rings. The third-order valence-electron chi connectivity index (χ3n) is 4.97. The van der Waals surface area contributed by atoms with Crippen LogP contribution >= 0.6 is 0 Å². The summed E-state index contributed by atoms with van der Waals surface area (Å²) < 4.78 is 16.8. The third kappa shape index (κ3) is 2.01. The number of aromatic nitrogens is 1. The van der Waals surface area contributed by atoms with Crippen LogP contribution in [0.15, 0.2) is 79.0 Å². The van der Waals surface area contributed by atoms with Gasteiger partial charge < -0.3 is 4.57 Å². The maximum atomic E-state index is 14.6. The van der Waals surface area contributed by atoms with Crippen molar-refractivity contribution in [3.05, 3.63) is 90.4 Å². The van der Waals surface area contributed by atoms with Gasteiger partial charge in [0.2, 0.25) is 0 Å². The zero-order valence-corrected chi connectivity index (χ0v) is 13.8. The molecule has 0 unspecified atom stereocenters. The fraction of sp³-hybridized carbons (Fsp3) is 0.0435. The first-order valence-corrected chi connectivity index (χ1v) is 8.41. The van der Waals surface area contributed by atoms with Crippen LogP contribution < -0.4 is 0 Å². The molecular weight excluding hydrogens is 309 g/mol. The lowest BCUT2D eigenvalue weighted by Gasteiger charge is -2.12. The van der Waals surface area contributed by atoms with E-state index in [0.717, 1.165) is 32.9 Å². The Hall–Kier alpha value is -3.13. The Morgan fingerprint density at radius 1 is 0.760 bits per heavy atom. The summed E-state index contributed by atoms with van der Waals surface area (Å²) in [5.74, 6) is -0.164. The van der Waals surface area contributed by atoms with E-state index in [4.69, 9.17) is 0 Å². The molecule has 25 heavy (non-hydrogen) atoms. The second-order valence-corrected chi connectivity index (χ2v) is 6.48. The molecule has 0 aliphatic carbocycles. The van der Waals surface area contributed by atoms with Crippen LogP contribution in [0.25, 0.3) is 38.1 Å². The molecule has 1 aromatic heterocycles. The summed E-state index contributed by atoms with van der Waals surface area (Å²) in [6.07, 6.45) is 2.09. The van der Waals surface area contributed by atoms with Crippen LogP contribution in [0.4, 0.5) is 4.39 Å². The molecule has 0 aliphatic rings. The van der Waals surface area contributed by atoms with Crippen molar-refractivity contribution in [2.75, 3.05) is 0 Å². The molecule has 0 spiro atoms. The molecule has 0 saturated heterocycles. The molecule has 0 amide bonds. The average molecular weight is 325 g/mol. The third-order valence-corrected chi connectivity index (χ3v) is 4.97. The van der Waals surface area contributed by atoms with E-state index in [0.29, 0.717) is 5.39 Å². The number of rotatable bonds is 1. The summed E-state index contributed by atoms with van der Waals surface area (Å²) in [5.41, 5.74) is 3.33. The zero-order chi connectivity index (χ0) is 17.0. The largest absolute Gasteiger partial charge is 0.316 e. The minimum absolute atomic E-state index is 0.164. The molecule has 0 bridgehead atoms. The summed E-state index contributed by atoms with van der Waals surface area (Å²) in [4.78, 5) is 0. The maximum absolute atomic E-state index is 14.6. The Bertz CT molecular complexity index is 1250. The number of nitrogens with zero attached hydrogens (tertiary/aromatic N) is 1. The molecule has 0 atom stereocenters. The van der Waals surface area contributed by atoms with Crippen molar-refractivity contribution in [1.29, 1.82) is 0 Å². The van der Waals surface area contributed by atoms with Crippen molar-refractivity contribution in [2.24, 2.45) is 0 Å². The summed E-state index contributed by atoms with van der Waals surface area (Å²) in [6.45, 7) is 2.06. The standard InChI is InChI=1S/C23H16FN/c1-15-14-17-12-13-25(18-7-3-2-4-8-18)23(17)19-11-10-16-6-5-9-20(24)22(16)21(15)19/h2-14H,1H3. The first-order chi connectivity index (χ1) is 12.2. The second-order valence-electron chi connectivity index (χ2n) is 6.48. The van der Waals surface area contributed by atoms with E-state index in [2.05, 4.69) is 48.0 Å². The molecular formula is C23H16FN. The van der Waals surface area contributed by atoms with Gasteiger partial charge in [-0.05, 0) is 53.6 Å². The predicted molar refractivity (Wildman–Crippen MR) is 103 cm³/mol. The van der Waals surface area contributed by atoms with E-state index in [1.54, 1.807) is 12.1 Å². The van der Waals surface area contributed by atoms with E-state index in [9.17, 15) is 4.39 Å². The second kappa shape index (κ2) is 5.18. The minimum Gasteiger partial charge on any atom is -0.316 e. The van der Waals surface area contributed by atoms with E-state index in [1.807, 2.05) is 30.3 Å². The molecule has 5 aromatic rings. The SMILES string of the molecule is Cc1cc2ccn(-c3ccccc3)c2c2ccc3cccc(F)c3c12. The highest BCUT2D eigenvalue weighted by Gasteiger charge is 2.14. The quantitative estimate of drug-likeness (QED) is 0.315. The van der Waals surface area contributed by atoms with Crippen molar-refractivity contribution in [3.63, 3.8) is 0 Å². The Morgan fingerprint density at radius 2 is 1.60 bits per heavy atom. The smallest absolute Gasteiger partial charge is 0.131 e. The fourth-order valence-corrected chi connectivity index (χ4v) is 3.90. The van der Waals surface area contributed by atoms with Crippen molar-refractivity contribution in [3.8, 4) is 5.69 Å². The Kier molecular flexibility index (Phi) is 2.95. The summed E-state index contributed by atoms with van der Waals surface area (Å²) in [5, 5.41) is 4.90. The highest BCUT2D eigenvalue weighted by Crippen LogP contribution is 2.36. The minimum atomic E-state index is -0.164. The van der Waals surface area contributed by atoms with Crippen molar-refractivity contribution in [2.45, 2.75) is 6.92 Å².